The number of aromatic hydroxyl groups is 1. The van der Waals surface area contributed by atoms with Crippen molar-refractivity contribution in [1.29, 1.82) is 0 Å². The Morgan fingerprint density at radius 1 is 1.00 bits per heavy atom. The highest BCUT2D eigenvalue weighted by molar-refractivity contribution is 9.10. The van der Waals surface area contributed by atoms with E-state index in [1.165, 1.54) is 0 Å². The normalized spacial score (nSPS) is 15.7. The average Bonchev–Trinajstić information content (AvgIpc) is 3.04. The maximum absolute atomic E-state index is 12.6. The average molecular weight is 396 g/mol. The number of nitrogens with zero attached hydrogens (tertiary/aromatic N) is 1. The molecule has 3 nitrogen and oxygen atoms in total. The van der Waals surface area contributed by atoms with Crippen molar-refractivity contribution >= 4 is 32.6 Å². The number of rotatable bonds is 3. The maximum Gasteiger partial charge on any atom is 0.223 e. The van der Waals surface area contributed by atoms with Gasteiger partial charge in [-0.3, -0.25) is 4.79 Å². The Hall–Kier alpha value is -2.33. The molecule has 1 N–H and O–H groups in total. The summed E-state index contributed by atoms with van der Waals surface area (Å²) in [5.74, 6) is 0.354. The molecular weight excluding hydrogens is 378 g/mol. The van der Waals surface area contributed by atoms with Crippen molar-refractivity contribution in [3.8, 4) is 5.75 Å². The van der Waals surface area contributed by atoms with E-state index in [0.717, 1.165) is 32.8 Å². The van der Waals surface area contributed by atoms with E-state index < -0.39 is 0 Å². The third kappa shape index (κ3) is 2.81. The van der Waals surface area contributed by atoms with Gasteiger partial charge in [0.15, 0.2) is 0 Å². The smallest absolute Gasteiger partial charge is 0.223 e. The lowest BCUT2D eigenvalue weighted by Gasteiger charge is -2.31. The summed E-state index contributed by atoms with van der Waals surface area (Å²) in [6.45, 7) is 0.702. The van der Waals surface area contributed by atoms with Crippen LogP contribution in [0.15, 0.2) is 65.1 Å². The molecule has 1 unspecified atom stereocenters. The van der Waals surface area contributed by atoms with E-state index in [0.29, 0.717) is 13.0 Å². The van der Waals surface area contributed by atoms with E-state index in [1.807, 2.05) is 59.5 Å². The molecule has 1 atom stereocenters. The number of benzene rings is 3. The number of carbonyl (C=O) groups excluding carboxylic acids is 1. The lowest BCUT2D eigenvalue weighted by molar-refractivity contribution is -0.129. The Morgan fingerprint density at radius 3 is 2.52 bits per heavy atom. The molecule has 0 radical (unpaired) electrons. The predicted octanol–water partition coefficient (Wildman–Crippen LogP) is 5.02. The van der Waals surface area contributed by atoms with Crippen LogP contribution in [-0.4, -0.2) is 22.5 Å². The highest BCUT2D eigenvalue weighted by Gasteiger charge is 2.33. The Bertz CT molecular complexity index is 954. The second-order valence-corrected chi connectivity index (χ2v) is 7.19. The number of likely N-dealkylation sites (tertiary alicyclic amines) is 1. The molecule has 126 valence electrons. The first kappa shape index (κ1) is 16.2. The topological polar surface area (TPSA) is 40.5 Å². The number of phenolic OH excluding ortho intramolecular Hbond substituents is 1. The standard InChI is InChI=1S/C21H18BrNO2/c22-17-9-4-3-8-16(17)21(23-13-5-10-19(23)25)20-15-7-2-1-6-14(15)11-12-18(20)24/h1-4,6-9,11-12,21,24H,5,10,13H2. The second kappa shape index (κ2) is 6.52. The fraction of sp³-hybridized carbons (Fsp3) is 0.190. The van der Waals surface area contributed by atoms with Crippen LogP contribution in [0.3, 0.4) is 0 Å². The summed E-state index contributed by atoms with van der Waals surface area (Å²) in [7, 11) is 0. The summed E-state index contributed by atoms with van der Waals surface area (Å²) in [6.07, 6.45) is 1.41. The lowest BCUT2D eigenvalue weighted by atomic mass is 9.91. The molecule has 1 aliphatic heterocycles. The zero-order chi connectivity index (χ0) is 17.4. The van der Waals surface area contributed by atoms with Crippen molar-refractivity contribution in [2.24, 2.45) is 0 Å². The zero-order valence-electron chi connectivity index (χ0n) is 13.7. The number of amides is 1. The van der Waals surface area contributed by atoms with Gasteiger partial charge in [0.25, 0.3) is 0 Å². The first-order valence-electron chi connectivity index (χ1n) is 8.41. The summed E-state index contributed by atoms with van der Waals surface area (Å²) in [4.78, 5) is 14.4. The molecule has 0 saturated carbocycles. The van der Waals surface area contributed by atoms with Crippen LogP contribution in [0, 0.1) is 0 Å². The summed E-state index contributed by atoms with van der Waals surface area (Å²) in [6, 6.07) is 19.2. The van der Waals surface area contributed by atoms with Gasteiger partial charge in [0, 0.05) is 23.0 Å². The van der Waals surface area contributed by atoms with Crippen molar-refractivity contribution < 1.29 is 9.90 Å². The van der Waals surface area contributed by atoms with Crippen LogP contribution in [0.5, 0.6) is 5.75 Å². The van der Waals surface area contributed by atoms with Crippen molar-refractivity contribution in [3.63, 3.8) is 0 Å². The molecule has 0 spiro atoms. The molecule has 1 amide bonds. The first-order chi connectivity index (χ1) is 12.2. The molecule has 1 saturated heterocycles. The van der Waals surface area contributed by atoms with E-state index in [4.69, 9.17) is 0 Å². The minimum absolute atomic E-state index is 0.132. The van der Waals surface area contributed by atoms with Crippen LogP contribution in [0.1, 0.15) is 30.0 Å². The molecule has 0 aliphatic carbocycles. The summed E-state index contributed by atoms with van der Waals surface area (Å²) in [5, 5.41) is 12.8. The third-order valence-corrected chi connectivity index (χ3v) is 5.56. The van der Waals surface area contributed by atoms with E-state index in [1.54, 1.807) is 6.07 Å². The zero-order valence-corrected chi connectivity index (χ0v) is 15.2. The number of hydrogen-bond acceptors (Lipinski definition) is 2. The molecule has 3 aromatic carbocycles. The highest BCUT2D eigenvalue weighted by atomic mass is 79.9. The maximum atomic E-state index is 12.6. The van der Waals surface area contributed by atoms with E-state index in [9.17, 15) is 9.90 Å². The summed E-state index contributed by atoms with van der Waals surface area (Å²) in [5.41, 5.74) is 1.78. The number of carbonyl (C=O) groups is 1. The van der Waals surface area contributed by atoms with E-state index >= 15 is 0 Å². The van der Waals surface area contributed by atoms with Gasteiger partial charge in [-0.15, -0.1) is 0 Å². The summed E-state index contributed by atoms with van der Waals surface area (Å²) >= 11 is 3.63. The number of hydrogen-bond donors (Lipinski definition) is 1. The highest BCUT2D eigenvalue weighted by Crippen LogP contribution is 2.42. The largest absolute Gasteiger partial charge is 0.508 e. The molecular formula is C21H18BrNO2. The molecule has 0 bridgehead atoms. The van der Waals surface area contributed by atoms with Crippen molar-refractivity contribution in [1.82, 2.24) is 4.90 Å². The van der Waals surface area contributed by atoms with E-state index in [-0.39, 0.29) is 17.7 Å². The van der Waals surface area contributed by atoms with Crippen LogP contribution in [0.2, 0.25) is 0 Å². The first-order valence-corrected chi connectivity index (χ1v) is 9.20. The van der Waals surface area contributed by atoms with Gasteiger partial charge >= 0.3 is 0 Å². The van der Waals surface area contributed by atoms with Gasteiger partial charge in [0.1, 0.15) is 5.75 Å². The quantitative estimate of drug-likeness (QED) is 0.676. The van der Waals surface area contributed by atoms with Gasteiger partial charge < -0.3 is 10.0 Å². The van der Waals surface area contributed by atoms with Crippen molar-refractivity contribution in [2.45, 2.75) is 18.9 Å². The van der Waals surface area contributed by atoms with Gasteiger partial charge in [0.2, 0.25) is 5.91 Å². The van der Waals surface area contributed by atoms with Crippen molar-refractivity contribution in [3.05, 3.63) is 76.3 Å². The monoisotopic (exact) mass is 395 g/mol. The molecule has 4 rings (SSSR count). The molecule has 0 aromatic heterocycles. The van der Waals surface area contributed by atoms with E-state index in [2.05, 4.69) is 15.9 Å². The fourth-order valence-corrected chi connectivity index (χ4v) is 4.19. The molecule has 1 heterocycles. The predicted molar refractivity (Wildman–Crippen MR) is 103 cm³/mol. The van der Waals surface area contributed by atoms with Crippen LogP contribution in [0.25, 0.3) is 10.8 Å². The van der Waals surface area contributed by atoms with Gasteiger partial charge in [-0.25, -0.2) is 0 Å². The molecule has 25 heavy (non-hydrogen) atoms. The molecule has 1 fully saturated rings. The second-order valence-electron chi connectivity index (χ2n) is 6.33. The Labute approximate surface area is 155 Å². The number of halogens is 1. The SMILES string of the molecule is O=C1CCCN1C(c1ccccc1Br)c1c(O)ccc2ccccc12. The van der Waals surface area contributed by atoms with Gasteiger partial charge in [-0.2, -0.15) is 0 Å². The van der Waals surface area contributed by atoms with Crippen LogP contribution in [0.4, 0.5) is 0 Å². The molecule has 1 aliphatic rings. The van der Waals surface area contributed by atoms with Gasteiger partial charge in [0.05, 0.1) is 6.04 Å². The third-order valence-electron chi connectivity index (χ3n) is 4.84. The summed E-state index contributed by atoms with van der Waals surface area (Å²) < 4.78 is 0.937. The number of phenols is 1. The molecule has 3 aromatic rings. The van der Waals surface area contributed by atoms with Gasteiger partial charge in [-0.1, -0.05) is 64.5 Å². The lowest BCUT2D eigenvalue weighted by Crippen LogP contribution is -2.31. The van der Waals surface area contributed by atoms with Crippen molar-refractivity contribution in [2.75, 3.05) is 6.54 Å². The van der Waals surface area contributed by atoms with Crippen LogP contribution < -0.4 is 0 Å². The van der Waals surface area contributed by atoms with Crippen LogP contribution >= 0.6 is 15.9 Å². The Kier molecular flexibility index (Phi) is 4.22. The fourth-order valence-electron chi connectivity index (χ4n) is 3.69. The molecule has 4 heteroatoms. The Balaban J connectivity index is 2.01. The number of fused-ring (bicyclic) bond motifs is 1. The van der Waals surface area contributed by atoms with Gasteiger partial charge in [-0.05, 0) is 34.9 Å². The minimum atomic E-state index is -0.309. The minimum Gasteiger partial charge on any atom is -0.508 e. The Morgan fingerprint density at radius 2 is 1.76 bits per heavy atom. The van der Waals surface area contributed by atoms with Crippen LogP contribution in [-0.2, 0) is 4.79 Å².